The number of rotatable bonds is 7. The number of nitrogens with one attached hydrogen (secondary N) is 1. The Labute approximate surface area is 94.8 Å². The fraction of sp³-hybridized carbons (Fsp3) is 0.625. The van der Waals surface area contributed by atoms with Crippen molar-refractivity contribution in [1.29, 1.82) is 0 Å². The van der Waals surface area contributed by atoms with Crippen LogP contribution in [0.2, 0.25) is 0 Å². The molecule has 16 heavy (non-hydrogen) atoms. The number of phosphoric acid groups is 1. The van der Waals surface area contributed by atoms with Crippen molar-refractivity contribution in [1.82, 2.24) is 5.48 Å². The summed E-state index contributed by atoms with van der Waals surface area (Å²) in [7, 11) is 1.49. The molecule has 0 heterocycles. The van der Waals surface area contributed by atoms with Gasteiger partial charge in [0.15, 0.2) is 0 Å². The van der Waals surface area contributed by atoms with Crippen LogP contribution in [0.1, 0.15) is 0 Å². The smallest absolute Gasteiger partial charge is 0.329 e. The highest BCUT2D eigenvalue weighted by atomic mass is 31.2. The van der Waals surface area contributed by atoms with Crippen LogP contribution in [0.3, 0.4) is 0 Å². The van der Waals surface area contributed by atoms with Crippen molar-refractivity contribution in [2.45, 2.75) is 0 Å². The average molecular weight is 253 g/mol. The SMILES string of the molecule is C=CC(=O)NOP(=O)(O)OCC[N+](C)(C)C. The molecule has 0 rings (SSSR count). The number of nitrogens with zero attached hydrogens (tertiary/aromatic N) is 1. The molecule has 0 aromatic heterocycles. The first kappa shape index (κ1) is 15.3. The standard InChI is InChI=1S/C8H17N2O5P/c1-5-8(11)9-15-16(12,13)14-7-6-10(2,3)4/h5H,1,6-7H2,2-4H3,(H-,9,11,12,13)/p+1. The maximum atomic E-state index is 11.2. The fourth-order valence-corrected chi connectivity index (χ4v) is 1.17. The van der Waals surface area contributed by atoms with E-state index in [0.29, 0.717) is 11.0 Å². The lowest BCUT2D eigenvalue weighted by Crippen LogP contribution is -2.37. The topological polar surface area (TPSA) is 84.9 Å². The molecule has 2 N–H and O–H groups in total. The maximum Gasteiger partial charge on any atom is 0.493 e. The molecule has 94 valence electrons. The molecule has 0 fully saturated rings. The second-order valence-electron chi connectivity index (χ2n) is 4.08. The third kappa shape index (κ3) is 8.58. The third-order valence-electron chi connectivity index (χ3n) is 1.46. The first-order chi connectivity index (χ1) is 7.16. The Morgan fingerprint density at radius 1 is 1.56 bits per heavy atom. The summed E-state index contributed by atoms with van der Waals surface area (Å²) >= 11 is 0. The molecular formula is C8H18N2O5P+. The average Bonchev–Trinajstić information content (AvgIpc) is 2.12. The van der Waals surface area contributed by atoms with E-state index in [0.717, 1.165) is 6.08 Å². The number of quaternary nitrogens is 1. The van der Waals surface area contributed by atoms with Crippen molar-refractivity contribution in [2.75, 3.05) is 34.3 Å². The van der Waals surface area contributed by atoms with Crippen LogP contribution in [0.25, 0.3) is 0 Å². The largest absolute Gasteiger partial charge is 0.493 e. The second kappa shape index (κ2) is 6.12. The third-order valence-corrected chi connectivity index (χ3v) is 2.29. The van der Waals surface area contributed by atoms with E-state index < -0.39 is 13.7 Å². The predicted octanol–water partition coefficient (Wildman–Crippen LogP) is 0.0434. The van der Waals surface area contributed by atoms with E-state index in [1.807, 2.05) is 21.1 Å². The van der Waals surface area contributed by atoms with Crippen LogP contribution in [0.4, 0.5) is 0 Å². The van der Waals surface area contributed by atoms with E-state index in [-0.39, 0.29) is 6.61 Å². The van der Waals surface area contributed by atoms with Crippen molar-refractivity contribution < 1.29 is 27.9 Å². The van der Waals surface area contributed by atoms with Crippen molar-refractivity contribution in [2.24, 2.45) is 0 Å². The maximum absolute atomic E-state index is 11.2. The number of phosphoric ester groups is 1. The minimum atomic E-state index is -4.24. The number of hydroxylamine groups is 1. The van der Waals surface area contributed by atoms with Gasteiger partial charge in [0.2, 0.25) is 0 Å². The summed E-state index contributed by atoms with van der Waals surface area (Å²) in [6.07, 6.45) is 0.909. The summed E-state index contributed by atoms with van der Waals surface area (Å²) in [6.45, 7) is 3.72. The van der Waals surface area contributed by atoms with Crippen LogP contribution < -0.4 is 5.48 Å². The number of likely N-dealkylation sites (N-methyl/N-ethyl adjacent to an activating group) is 1. The predicted molar refractivity (Wildman–Crippen MR) is 58.1 cm³/mol. The van der Waals surface area contributed by atoms with Gasteiger partial charge in [0.25, 0.3) is 5.91 Å². The lowest BCUT2D eigenvalue weighted by Gasteiger charge is -2.23. The van der Waals surface area contributed by atoms with Crippen LogP contribution in [0.5, 0.6) is 0 Å². The molecule has 0 aliphatic carbocycles. The van der Waals surface area contributed by atoms with E-state index in [1.54, 1.807) is 5.48 Å². The molecule has 0 aliphatic rings. The number of hydrogen-bond acceptors (Lipinski definition) is 4. The highest BCUT2D eigenvalue weighted by molar-refractivity contribution is 7.47. The van der Waals surface area contributed by atoms with Gasteiger partial charge in [-0.15, -0.1) is 0 Å². The molecular weight excluding hydrogens is 235 g/mol. The molecule has 1 unspecified atom stereocenters. The first-order valence-corrected chi connectivity index (χ1v) is 6.04. The fourth-order valence-electron chi connectivity index (χ4n) is 0.601. The zero-order valence-electron chi connectivity index (χ0n) is 9.67. The van der Waals surface area contributed by atoms with Gasteiger partial charge in [-0.25, -0.2) is 10.0 Å². The summed E-state index contributed by atoms with van der Waals surface area (Å²) in [5, 5.41) is 0. The molecule has 0 aliphatic heterocycles. The van der Waals surface area contributed by atoms with Crippen molar-refractivity contribution in [3.8, 4) is 0 Å². The minimum absolute atomic E-state index is 0.0429. The number of hydrogen-bond donors (Lipinski definition) is 2. The number of amides is 1. The Hall–Kier alpha value is -0.720. The number of carbonyl (C=O) groups is 1. The lowest BCUT2D eigenvalue weighted by atomic mass is 10.5. The summed E-state index contributed by atoms with van der Waals surface area (Å²) in [6, 6.07) is 0. The Balaban J connectivity index is 3.92. The zero-order chi connectivity index (χ0) is 12.8. The zero-order valence-corrected chi connectivity index (χ0v) is 10.6. The summed E-state index contributed by atoms with van der Waals surface area (Å²) in [5.41, 5.74) is 1.72. The van der Waals surface area contributed by atoms with Gasteiger partial charge in [-0.2, -0.15) is 4.62 Å². The van der Waals surface area contributed by atoms with E-state index in [2.05, 4.69) is 15.7 Å². The van der Waals surface area contributed by atoms with E-state index in [9.17, 15) is 9.36 Å². The second-order valence-corrected chi connectivity index (χ2v) is 5.46. The Morgan fingerprint density at radius 2 is 2.12 bits per heavy atom. The Bertz CT molecular complexity index is 299. The van der Waals surface area contributed by atoms with Gasteiger partial charge in [-0.05, 0) is 6.08 Å². The van der Waals surface area contributed by atoms with Crippen molar-refractivity contribution in [3.05, 3.63) is 12.7 Å². The molecule has 1 atom stereocenters. The van der Waals surface area contributed by atoms with Gasteiger partial charge < -0.3 is 9.38 Å². The summed E-state index contributed by atoms with van der Waals surface area (Å²) in [5.74, 6) is -0.718. The summed E-state index contributed by atoms with van der Waals surface area (Å²) in [4.78, 5) is 19.8. The van der Waals surface area contributed by atoms with Gasteiger partial charge in [0.1, 0.15) is 13.2 Å². The molecule has 7 nitrogen and oxygen atoms in total. The minimum Gasteiger partial charge on any atom is -0.329 e. The Morgan fingerprint density at radius 3 is 2.56 bits per heavy atom. The normalized spacial score (nSPS) is 15.2. The van der Waals surface area contributed by atoms with E-state index in [4.69, 9.17) is 4.89 Å². The van der Waals surface area contributed by atoms with Gasteiger partial charge in [-0.1, -0.05) is 6.58 Å². The lowest BCUT2D eigenvalue weighted by molar-refractivity contribution is -0.870. The number of carbonyl (C=O) groups excluding carboxylic acids is 1. The van der Waals surface area contributed by atoms with Gasteiger partial charge >= 0.3 is 7.82 Å². The van der Waals surface area contributed by atoms with Gasteiger partial charge in [0, 0.05) is 0 Å². The highest BCUT2D eigenvalue weighted by Gasteiger charge is 2.23. The first-order valence-electron chi connectivity index (χ1n) is 4.55. The van der Waals surface area contributed by atoms with E-state index >= 15 is 0 Å². The molecule has 0 aromatic rings. The molecule has 0 saturated heterocycles. The van der Waals surface area contributed by atoms with Crippen LogP contribution in [-0.4, -0.2) is 49.6 Å². The van der Waals surface area contributed by atoms with Crippen LogP contribution >= 0.6 is 7.82 Å². The van der Waals surface area contributed by atoms with Gasteiger partial charge in [-0.3, -0.25) is 9.32 Å². The molecule has 0 saturated carbocycles. The molecule has 0 spiro atoms. The molecule has 0 bridgehead atoms. The van der Waals surface area contributed by atoms with Gasteiger partial charge in [0.05, 0.1) is 21.1 Å². The molecule has 0 aromatic carbocycles. The van der Waals surface area contributed by atoms with E-state index in [1.165, 1.54) is 0 Å². The van der Waals surface area contributed by atoms with Crippen molar-refractivity contribution >= 4 is 13.7 Å². The van der Waals surface area contributed by atoms with Crippen LogP contribution in [0.15, 0.2) is 12.7 Å². The highest BCUT2D eigenvalue weighted by Crippen LogP contribution is 2.41. The molecule has 8 heteroatoms. The monoisotopic (exact) mass is 253 g/mol. The molecule has 1 amide bonds. The van der Waals surface area contributed by atoms with Crippen LogP contribution in [-0.2, 0) is 18.5 Å². The Kier molecular flexibility index (Phi) is 5.85. The quantitative estimate of drug-likeness (QED) is 0.290. The summed E-state index contributed by atoms with van der Waals surface area (Å²) < 4.78 is 20.6. The molecule has 0 radical (unpaired) electrons. The van der Waals surface area contributed by atoms with Crippen LogP contribution in [0, 0.1) is 0 Å². The van der Waals surface area contributed by atoms with Crippen molar-refractivity contribution in [3.63, 3.8) is 0 Å².